The van der Waals surface area contributed by atoms with Crippen molar-refractivity contribution in [2.45, 2.75) is 4.34 Å². The molecule has 174 valence electrons. The van der Waals surface area contributed by atoms with E-state index in [2.05, 4.69) is 15.5 Å². The second kappa shape index (κ2) is 10.4. The molecule has 0 aliphatic carbocycles. The van der Waals surface area contributed by atoms with Crippen molar-refractivity contribution in [3.05, 3.63) is 64.2 Å². The number of hydrogen-bond donors (Lipinski definition) is 1. The number of esters is 1. The molecule has 0 aliphatic heterocycles. The Morgan fingerprint density at radius 3 is 2.50 bits per heavy atom. The van der Waals surface area contributed by atoms with E-state index in [1.54, 1.807) is 36.4 Å². The molecule has 1 aromatic heterocycles. The Labute approximate surface area is 203 Å². The number of aromatic nitrogens is 2. The zero-order valence-corrected chi connectivity index (χ0v) is 20.0. The highest BCUT2D eigenvalue weighted by Crippen LogP contribution is 2.37. The van der Waals surface area contributed by atoms with Crippen molar-refractivity contribution in [3.63, 3.8) is 0 Å². The molecule has 13 heteroatoms. The molecule has 0 unspecified atom stereocenters. The van der Waals surface area contributed by atoms with Gasteiger partial charge in [-0.2, -0.15) is 5.26 Å². The number of ether oxygens (including phenoxy) is 2. The zero-order chi connectivity index (χ0) is 24.9. The molecule has 0 fully saturated rings. The topological polar surface area (TPSA) is 148 Å². The number of carbonyl (C=O) groups is 2. The number of rotatable bonds is 7. The molecule has 34 heavy (non-hydrogen) atoms. The van der Waals surface area contributed by atoms with E-state index in [9.17, 15) is 23.3 Å². The molecule has 0 radical (unpaired) electrons. The predicted molar refractivity (Wildman–Crippen MR) is 125 cm³/mol. The zero-order valence-electron chi connectivity index (χ0n) is 17.6. The van der Waals surface area contributed by atoms with Gasteiger partial charge in [0.05, 0.1) is 17.7 Å². The fourth-order valence-corrected chi connectivity index (χ4v) is 4.30. The van der Waals surface area contributed by atoms with Crippen LogP contribution in [0.2, 0.25) is 5.02 Å². The largest absolute Gasteiger partial charge is 0.493 e. The second-order valence-corrected chi connectivity index (χ2v) is 10.1. The van der Waals surface area contributed by atoms with Crippen LogP contribution in [0.15, 0.2) is 52.4 Å². The van der Waals surface area contributed by atoms with Crippen molar-refractivity contribution in [1.82, 2.24) is 10.2 Å². The van der Waals surface area contributed by atoms with Gasteiger partial charge in [-0.1, -0.05) is 41.1 Å². The quantitative estimate of drug-likeness (QED) is 0.163. The Kier molecular flexibility index (Phi) is 7.62. The lowest BCUT2D eigenvalue weighted by molar-refractivity contribution is -0.112. The second-order valence-electron chi connectivity index (χ2n) is 6.56. The maximum atomic E-state index is 12.5. The van der Waals surface area contributed by atoms with Crippen LogP contribution in [0.5, 0.6) is 11.5 Å². The molecule has 0 atom stereocenters. The van der Waals surface area contributed by atoms with Crippen LogP contribution in [-0.4, -0.2) is 43.9 Å². The van der Waals surface area contributed by atoms with E-state index >= 15 is 0 Å². The Morgan fingerprint density at radius 1 is 1.21 bits per heavy atom. The van der Waals surface area contributed by atoms with Crippen LogP contribution >= 0.6 is 22.9 Å². The fraction of sp³-hybridized carbons (Fsp3) is 0.0952. The highest BCUT2D eigenvalue weighted by atomic mass is 35.5. The number of methoxy groups -OCH3 is 1. The Morgan fingerprint density at radius 2 is 1.91 bits per heavy atom. The monoisotopic (exact) mass is 518 g/mol. The van der Waals surface area contributed by atoms with Crippen LogP contribution in [-0.2, 0) is 14.6 Å². The SMILES string of the molecule is COc1cc(C=C(C#N)C(=O)Nc2nnc(S(C)(=O)=O)s2)cc(Cl)c1OC(=O)c1ccccc1. The van der Waals surface area contributed by atoms with E-state index in [-0.39, 0.29) is 31.6 Å². The Balaban J connectivity index is 1.85. The van der Waals surface area contributed by atoms with Crippen molar-refractivity contribution in [2.75, 3.05) is 18.7 Å². The van der Waals surface area contributed by atoms with Gasteiger partial charge in [-0.15, -0.1) is 10.2 Å². The van der Waals surface area contributed by atoms with Crippen molar-refractivity contribution in [2.24, 2.45) is 0 Å². The van der Waals surface area contributed by atoms with Crippen LogP contribution in [0.25, 0.3) is 6.08 Å². The van der Waals surface area contributed by atoms with Gasteiger partial charge in [0.2, 0.25) is 19.3 Å². The van der Waals surface area contributed by atoms with E-state index in [4.69, 9.17) is 21.1 Å². The lowest BCUT2D eigenvalue weighted by Gasteiger charge is -2.12. The van der Waals surface area contributed by atoms with Gasteiger partial charge in [0, 0.05) is 6.26 Å². The molecule has 0 bridgehead atoms. The molecular weight excluding hydrogens is 504 g/mol. The number of sulfone groups is 1. The first-order valence-electron chi connectivity index (χ1n) is 9.24. The van der Waals surface area contributed by atoms with E-state index in [1.807, 2.05) is 0 Å². The summed E-state index contributed by atoms with van der Waals surface area (Å²) < 4.78 is 33.4. The number of anilines is 1. The van der Waals surface area contributed by atoms with E-state index in [0.29, 0.717) is 22.5 Å². The number of nitriles is 1. The summed E-state index contributed by atoms with van der Waals surface area (Å²) in [6, 6.07) is 12.8. The Hall–Kier alpha value is -3.79. The molecule has 0 saturated carbocycles. The average Bonchev–Trinajstić information content (AvgIpc) is 3.28. The van der Waals surface area contributed by atoms with Crippen molar-refractivity contribution < 1.29 is 27.5 Å². The molecule has 0 spiro atoms. The normalized spacial score (nSPS) is 11.4. The number of benzene rings is 2. The van der Waals surface area contributed by atoms with Gasteiger partial charge in [0.1, 0.15) is 11.6 Å². The highest BCUT2D eigenvalue weighted by Gasteiger charge is 2.19. The van der Waals surface area contributed by atoms with Crippen molar-refractivity contribution in [1.29, 1.82) is 5.26 Å². The van der Waals surface area contributed by atoms with Gasteiger partial charge in [-0.05, 0) is 35.9 Å². The average molecular weight is 519 g/mol. The van der Waals surface area contributed by atoms with Gasteiger partial charge >= 0.3 is 5.97 Å². The standard InChI is InChI=1S/C21H15ClN4O6S2/c1-31-16-10-12(9-15(22)17(16)32-19(28)13-6-4-3-5-7-13)8-14(11-23)18(27)24-20-25-26-21(33-20)34(2,29)30/h3-10H,1-2H3,(H,24,25,27). The van der Waals surface area contributed by atoms with Gasteiger partial charge in [0.25, 0.3) is 5.91 Å². The summed E-state index contributed by atoms with van der Waals surface area (Å²) in [5.74, 6) is -1.41. The van der Waals surface area contributed by atoms with Crippen LogP contribution in [0.3, 0.4) is 0 Å². The minimum absolute atomic E-state index is 0.00879. The molecule has 2 aromatic carbocycles. The number of amides is 1. The van der Waals surface area contributed by atoms with Crippen LogP contribution in [0.4, 0.5) is 5.13 Å². The summed E-state index contributed by atoms with van der Waals surface area (Å²) in [7, 11) is -2.25. The summed E-state index contributed by atoms with van der Waals surface area (Å²) in [6.07, 6.45) is 2.18. The van der Waals surface area contributed by atoms with Gasteiger partial charge < -0.3 is 9.47 Å². The summed E-state index contributed by atoms with van der Waals surface area (Å²) in [5, 5.41) is 18.7. The first-order valence-corrected chi connectivity index (χ1v) is 12.3. The summed E-state index contributed by atoms with van der Waals surface area (Å²) >= 11 is 6.93. The molecule has 1 N–H and O–H groups in total. The minimum Gasteiger partial charge on any atom is -0.493 e. The summed E-state index contributed by atoms with van der Waals surface area (Å²) in [6.45, 7) is 0. The number of nitrogens with zero attached hydrogens (tertiary/aromatic N) is 3. The molecule has 10 nitrogen and oxygen atoms in total. The predicted octanol–water partition coefficient (Wildman–Crippen LogP) is 3.37. The molecule has 0 aliphatic rings. The maximum Gasteiger partial charge on any atom is 0.343 e. The molecule has 1 heterocycles. The molecule has 0 saturated heterocycles. The number of nitrogens with one attached hydrogen (secondary N) is 1. The smallest absolute Gasteiger partial charge is 0.343 e. The first-order chi connectivity index (χ1) is 16.1. The minimum atomic E-state index is -3.59. The van der Waals surface area contributed by atoms with E-state index < -0.39 is 21.7 Å². The van der Waals surface area contributed by atoms with E-state index in [0.717, 1.165) is 6.26 Å². The third-order valence-corrected chi connectivity index (χ3v) is 6.86. The molecule has 1 amide bonds. The molecule has 3 aromatic rings. The third-order valence-electron chi connectivity index (χ3n) is 4.08. The first kappa shape index (κ1) is 24.8. The Bertz CT molecular complexity index is 1430. The van der Waals surface area contributed by atoms with E-state index in [1.165, 1.54) is 25.3 Å². The van der Waals surface area contributed by atoms with Crippen LogP contribution in [0, 0.1) is 11.3 Å². The van der Waals surface area contributed by atoms with Crippen LogP contribution < -0.4 is 14.8 Å². The van der Waals surface area contributed by atoms with Crippen molar-refractivity contribution >= 4 is 55.9 Å². The fourth-order valence-electron chi connectivity index (χ4n) is 2.54. The lowest BCUT2D eigenvalue weighted by Crippen LogP contribution is -2.13. The summed E-state index contributed by atoms with van der Waals surface area (Å²) in [5.41, 5.74) is 0.286. The lowest BCUT2D eigenvalue weighted by atomic mass is 10.1. The van der Waals surface area contributed by atoms with Gasteiger partial charge in [0.15, 0.2) is 11.5 Å². The molecular formula is C21H15ClN4O6S2. The maximum absolute atomic E-state index is 12.5. The highest BCUT2D eigenvalue weighted by molar-refractivity contribution is 7.92. The number of carbonyl (C=O) groups excluding carboxylic acids is 2. The van der Waals surface area contributed by atoms with Crippen molar-refractivity contribution in [3.8, 4) is 17.6 Å². The number of halogens is 1. The number of hydrogen-bond acceptors (Lipinski definition) is 10. The molecule has 3 rings (SSSR count). The van der Waals surface area contributed by atoms with Gasteiger partial charge in [-0.3, -0.25) is 10.1 Å². The van der Waals surface area contributed by atoms with Crippen LogP contribution in [0.1, 0.15) is 15.9 Å². The third kappa shape index (κ3) is 5.96. The van der Waals surface area contributed by atoms with Gasteiger partial charge in [-0.25, -0.2) is 13.2 Å². The summed E-state index contributed by atoms with van der Waals surface area (Å²) in [4.78, 5) is 24.8.